The van der Waals surface area contributed by atoms with Crippen LogP contribution in [-0.2, 0) is 11.3 Å². The van der Waals surface area contributed by atoms with Crippen LogP contribution in [0.2, 0.25) is 0 Å². The van der Waals surface area contributed by atoms with Crippen molar-refractivity contribution in [3.05, 3.63) is 46.7 Å². The number of carbonyl (C=O) groups excluding carboxylic acids is 1. The molecule has 1 aliphatic heterocycles. The summed E-state index contributed by atoms with van der Waals surface area (Å²) in [6.45, 7) is 5.35. The Kier molecular flexibility index (Phi) is 5.94. The summed E-state index contributed by atoms with van der Waals surface area (Å²) in [6, 6.07) is 5.03. The van der Waals surface area contributed by atoms with Crippen molar-refractivity contribution in [2.45, 2.75) is 31.8 Å². The maximum atomic E-state index is 13.8. The van der Waals surface area contributed by atoms with Crippen molar-refractivity contribution in [2.75, 3.05) is 13.1 Å². The first kappa shape index (κ1) is 16.2. The van der Waals surface area contributed by atoms with Crippen LogP contribution in [0.1, 0.15) is 24.8 Å². The molecule has 114 valence electrons. The fourth-order valence-corrected chi connectivity index (χ4v) is 2.96. The molecule has 0 bridgehead atoms. The Hall–Kier alpha value is -1.20. The topological polar surface area (TPSA) is 32.3 Å². The van der Waals surface area contributed by atoms with Crippen LogP contribution >= 0.6 is 15.9 Å². The summed E-state index contributed by atoms with van der Waals surface area (Å²) in [5.74, 6) is -0.257. The van der Waals surface area contributed by atoms with Crippen molar-refractivity contribution in [1.82, 2.24) is 10.2 Å². The van der Waals surface area contributed by atoms with E-state index in [1.165, 1.54) is 6.07 Å². The Labute approximate surface area is 133 Å². The number of benzene rings is 1. The fraction of sp³-hybridized carbons (Fsp3) is 0.438. The third-order valence-electron chi connectivity index (χ3n) is 3.65. The molecule has 1 fully saturated rings. The maximum absolute atomic E-state index is 13.8. The van der Waals surface area contributed by atoms with Crippen LogP contribution in [0.4, 0.5) is 4.39 Å². The smallest absolute Gasteiger partial charge is 0.224 e. The van der Waals surface area contributed by atoms with Crippen molar-refractivity contribution in [3.63, 3.8) is 0 Å². The summed E-state index contributed by atoms with van der Waals surface area (Å²) in [4.78, 5) is 14.0. The lowest BCUT2D eigenvalue weighted by Crippen LogP contribution is -2.35. The van der Waals surface area contributed by atoms with Crippen molar-refractivity contribution in [1.29, 1.82) is 0 Å². The molecule has 1 amide bonds. The van der Waals surface area contributed by atoms with Crippen LogP contribution in [0.15, 0.2) is 35.3 Å². The van der Waals surface area contributed by atoms with Gasteiger partial charge < -0.3 is 10.2 Å². The zero-order valence-corrected chi connectivity index (χ0v) is 13.5. The summed E-state index contributed by atoms with van der Waals surface area (Å²) in [6.07, 6.45) is 4.28. The van der Waals surface area contributed by atoms with E-state index in [1.54, 1.807) is 23.1 Å². The van der Waals surface area contributed by atoms with E-state index < -0.39 is 0 Å². The van der Waals surface area contributed by atoms with E-state index in [1.807, 2.05) is 0 Å². The predicted octanol–water partition coefficient (Wildman–Crippen LogP) is 3.24. The van der Waals surface area contributed by atoms with Crippen molar-refractivity contribution in [2.24, 2.45) is 0 Å². The van der Waals surface area contributed by atoms with Gasteiger partial charge in [-0.3, -0.25) is 4.79 Å². The Morgan fingerprint density at radius 1 is 1.57 bits per heavy atom. The summed E-state index contributed by atoms with van der Waals surface area (Å²) in [7, 11) is 0. The van der Waals surface area contributed by atoms with Crippen LogP contribution in [-0.4, -0.2) is 29.9 Å². The van der Waals surface area contributed by atoms with E-state index in [-0.39, 0.29) is 24.3 Å². The molecule has 0 radical (unpaired) electrons. The van der Waals surface area contributed by atoms with E-state index in [9.17, 15) is 9.18 Å². The molecule has 1 aromatic carbocycles. The monoisotopic (exact) mass is 354 g/mol. The molecule has 0 aromatic heterocycles. The minimum atomic E-state index is -0.293. The molecule has 1 aliphatic rings. The van der Waals surface area contributed by atoms with Gasteiger partial charge in [-0.1, -0.05) is 22.0 Å². The SMILES string of the molecule is C=CCN(Cc1cc(Br)ccc1F)C(=O)CC1CCCN1. The van der Waals surface area contributed by atoms with Gasteiger partial charge in [-0.2, -0.15) is 0 Å². The normalized spacial score (nSPS) is 17.7. The van der Waals surface area contributed by atoms with Crippen molar-refractivity contribution >= 4 is 21.8 Å². The third-order valence-corrected chi connectivity index (χ3v) is 4.15. The molecule has 0 saturated carbocycles. The van der Waals surface area contributed by atoms with Crippen molar-refractivity contribution < 1.29 is 9.18 Å². The Balaban J connectivity index is 2.05. The van der Waals surface area contributed by atoms with Gasteiger partial charge in [0.15, 0.2) is 0 Å². The van der Waals surface area contributed by atoms with Gasteiger partial charge in [-0.15, -0.1) is 6.58 Å². The second-order valence-electron chi connectivity index (χ2n) is 5.30. The van der Waals surface area contributed by atoms with E-state index in [4.69, 9.17) is 0 Å². The quantitative estimate of drug-likeness (QED) is 0.795. The first-order valence-corrected chi connectivity index (χ1v) is 7.95. The van der Waals surface area contributed by atoms with Crippen LogP contribution in [0, 0.1) is 5.82 Å². The molecular formula is C16H20BrFN2O. The molecule has 0 aliphatic carbocycles. The lowest BCUT2D eigenvalue weighted by Gasteiger charge is -2.23. The highest BCUT2D eigenvalue weighted by Gasteiger charge is 2.22. The van der Waals surface area contributed by atoms with Crippen LogP contribution < -0.4 is 5.32 Å². The number of nitrogens with one attached hydrogen (secondary N) is 1. The van der Waals surface area contributed by atoms with Crippen LogP contribution in [0.5, 0.6) is 0 Å². The molecule has 1 heterocycles. The van der Waals surface area contributed by atoms with E-state index in [0.717, 1.165) is 23.9 Å². The highest BCUT2D eigenvalue weighted by molar-refractivity contribution is 9.10. The zero-order valence-electron chi connectivity index (χ0n) is 11.9. The first-order chi connectivity index (χ1) is 10.1. The largest absolute Gasteiger partial charge is 0.335 e. The molecule has 1 N–H and O–H groups in total. The van der Waals surface area contributed by atoms with E-state index in [2.05, 4.69) is 27.8 Å². The number of nitrogens with zero attached hydrogens (tertiary/aromatic N) is 1. The van der Waals surface area contributed by atoms with Gasteiger partial charge in [0, 0.05) is 35.6 Å². The minimum Gasteiger partial charge on any atom is -0.335 e. The molecule has 3 nitrogen and oxygen atoms in total. The lowest BCUT2D eigenvalue weighted by molar-refractivity contribution is -0.131. The Bertz CT molecular complexity index is 515. The minimum absolute atomic E-state index is 0.0358. The predicted molar refractivity (Wildman–Crippen MR) is 85.4 cm³/mol. The molecule has 1 atom stereocenters. The van der Waals surface area contributed by atoms with E-state index >= 15 is 0 Å². The van der Waals surface area contributed by atoms with Gasteiger partial charge in [0.05, 0.1) is 0 Å². The molecule has 2 rings (SSSR count). The van der Waals surface area contributed by atoms with Crippen LogP contribution in [0.25, 0.3) is 0 Å². The molecular weight excluding hydrogens is 335 g/mol. The average Bonchev–Trinajstić information content (AvgIpc) is 2.95. The maximum Gasteiger partial charge on any atom is 0.224 e. The number of hydrogen-bond donors (Lipinski definition) is 1. The fourth-order valence-electron chi connectivity index (χ4n) is 2.55. The van der Waals surface area contributed by atoms with Crippen LogP contribution in [0.3, 0.4) is 0 Å². The number of rotatable bonds is 6. The number of halogens is 2. The molecule has 0 spiro atoms. The number of hydrogen-bond acceptors (Lipinski definition) is 2. The highest BCUT2D eigenvalue weighted by Crippen LogP contribution is 2.18. The average molecular weight is 355 g/mol. The van der Waals surface area contributed by atoms with Crippen molar-refractivity contribution in [3.8, 4) is 0 Å². The second-order valence-corrected chi connectivity index (χ2v) is 6.21. The van der Waals surface area contributed by atoms with Gasteiger partial charge in [0.25, 0.3) is 0 Å². The van der Waals surface area contributed by atoms with Gasteiger partial charge in [0.1, 0.15) is 5.82 Å². The van der Waals surface area contributed by atoms with Gasteiger partial charge in [0.2, 0.25) is 5.91 Å². The molecule has 1 unspecified atom stereocenters. The lowest BCUT2D eigenvalue weighted by atomic mass is 10.1. The second kappa shape index (κ2) is 7.71. The molecule has 5 heteroatoms. The first-order valence-electron chi connectivity index (χ1n) is 7.16. The molecule has 1 aromatic rings. The number of carbonyl (C=O) groups is 1. The summed E-state index contributed by atoms with van der Waals surface area (Å²) >= 11 is 3.33. The summed E-state index contributed by atoms with van der Waals surface area (Å²) in [5, 5.41) is 3.31. The van der Waals surface area contributed by atoms with Gasteiger partial charge in [-0.05, 0) is 37.6 Å². The summed E-state index contributed by atoms with van der Waals surface area (Å²) in [5.41, 5.74) is 0.513. The highest BCUT2D eigenvalue weighted by atomic mass is 79.9. The van der Waals surface area contributed by atoms with Gasteiger partial charge >= 0.3 is 0 Å². The number of amides is 1. The Morgan fingerprint density at radius 2 is 2.38 bits per heavy atom. The molecule has 1 saturated heterocycles. The standard InChI is InChI=1S/C16H20BrFN2O/c1-2-8-20(16(21)10-14-4-3-7-19-14)11-12-9-13(17)5-6-15(12)18/h2,5-6,9,14,19H,1,3-4,7-8,10-11H2. The summed E-state index contributed by atoms with van der Waals surface area (Å²) < 4.78 is 14.6. The molecule has 21 heavy (non-hydrogen) atoms. The van der Waals surface area contributed by atoms with Gasteiger partial charge in [-0.25, -0.2) is 4.39 Å². The zero-order chi connectivity index (χ0) is 15.2. The Morgan fingerprint density at radius 3 is 3.05 bits per heavy atom. The third kappa shape index (κ3) is 4.64. The van der Waals surface area contributed by atoms with E-state index in [0.29, 0.717) is 18.5 Å².